The average molecular weight is 265 g/mol. The Balaban J connectivity index is 2.00. The van der Waals surface area contributed by atoms with Crippen LogP contribution in [-0.4, -0.2) is 29.7 Å². The zero-order chi connectivity index (χ0) is 13.9. The number of nitrogens with one attached hydrogen (secondary N) is 1. The van der Waals surface area contributed by atoms with Crippen molar-refractivity contribution in [1.82, 2.24) is 4.98 Å². The second-order valence-electron chi connectivity index (χ2n) is 5.39. The first-order chi connectivity index (χ1) is 9.00. The van der Waals surface area contributed by atoms with Crippen LogP contribution in [0.4, 0.5) is 11.5 Å². The smallest absolute Gasteiger partial charge is 0.290 e. The highest BCUT2D eigenvalue weighted by Gasteiger charge is 2.27. The number of hydrogen-bond donors (Lipinski definition) is 1. The Labute approximate surface area is 112 Å². The Morgan fingerprint density at radius 1 is 1.53 bits per heavy atom. The molecule has 0 spiro atoms. The van der Waals surface area contributed by atoms with Gasteiger partial charge in [-0.15, -0.1) is 0 Å². The minimum absolute atomic E-state index is 0.0582. The number of nitro groups is 1. The van der Waals surface area contributed by atoms with Gasteiger partial charge >= 0.3 is 0 Å². The van der Waals surface area contributed by atoms with Crippen LogP contribution in [0.5, 0.6) is 0 Å². The molecular weight excluding hydrogens is 246 g/mol. The molecule has 1 N–H and O–H groups in total. The van der Waals surface area contributed by atoms with E-state index in [4.69, 9.17) is 4.74 Å². The predicted molar refractivity (Wildman–Crippen MR) is 72.3 cm³/mol. The van der Waals surface area contributed by atoms with Crippen LogP contribution in [0.2, 0.25) is 0 Å². The second-order valence-corrected chi connectivity index (χ2v) is 5.39. The number of aryl methyl sites for hydroxylation is 1. The van der Waals surface area contributed by atoms with E-state index in [0.29, 0.717) is 11.4 Å². The number of anilines is 1. The van der Waals surface area contributed by atoms with Crippen molar-refractivity contribution in [2.24, 2.45) is 5.41 Å². The number of rotatable bonds is 4. The van der Waals surface area contributed by atoms with E-state index in [0.717, 1.165) is 32.6 Å². The molecule has 19 heavy (non-hydrogen) atoms. The molecule has 0 unspecified atom stereocenters. The van der Waals surface area contributed by atoms with Gasteiger partial charge in [0.05, 0.1) is 4.92 Å². The van der Waals surface area contributed by atoms with Gasteiger partial charge in [0, 0.05) is 25.3 Å². The third-order valence-electron chi connectivity index (χ3n) is 3.68. The SMILES string of the molecule is Cc1cc(NCC2(C)CCOCC2)ncc1[N+](=O)[O-]. The molecular formula is C13H19N3O3. The lowest BCUT2D eigenvalue weighted by molar-refractivity contribution is -0.385. The van der Waals surface area contributed by atoms with Gasteiger partial charge in [0.25, 0.3) is 5.69 Å². The first-order valence-corrected chi connectivity index (χ1v) is 6.43. The fourth-order valence-electron chi connectivity index (χ4n) is 2.18. The molecule has 6 nitrogen and oxygen atoms in total. The summed E-state index contributed by atoms with van der Waals surface area (Å²) in [7, 11) is 0. The Morgan fingerprint density at radius 2 is 2.21 bits per heavy atom. The Morgan fingerprint density at radius 3 is 2.79 bits per heavy atom. The lowest BCUT2D eigenvalue weighted by atomic mass is 9.82. The predicted octanol–water partition coefficient (Wildman–Crippen LogP) is 2.53. The number of ether oxygens (including phenoxy) is 1. The first-order valence-electron chi connectivity index (χ1n) is 6.43. The molecule has 2 heterocycles. The largest absolute Gasteiger partial charge is 0.381 e. The summed E-state index contributed by atoms with van der Waals surface area (Å²) < 4.78 is 5.36. The third kappa shape index (κ3) is 3.41. The van der Waals surface area contributed by atoms with Gasteiger partial charge in [0.1, 0.15) is 12.0 Å². The lowest BCUT2D eigenvalue weighted by Gasteiger charge is -2.33. The van der Waals surface area contributed by atoms with Crippen molar-refractivity contribution in [2.45, 2.75) is 26.7 Å². The monoisotopic (exact) mass is 265 g/mol. The zero-order valence-corrected chi connectivity index (χ0v) is 11.3. The summed E-state index contributed by atoms with van der Waals surface area (Å²) in [4.78, 5) is 14.4. The summed E-state index contributed by atoms with van der Waals surface area (Å²) in [6.07, 6.45) is 3.35. The van der Waals surface area contributed by atoms with Crippen LogP contribution in [0.25, 0.3) is 0 Å². The van der Waals surface area contributed by atoms with Crippen molar-refractivity contribution in [2.75, 3.05) is 25.1 Å². The molecule has 1 aromatic rings. The number of nitrogens with zero attached hydrogens (tertiary/aromatic N) is 2. The van der Waals surface area contributed by atoms with Gasteiger partial charge < -0.3 is 10.1 Å². The molecule has 0 bridgehead atoms. The van der Waals surface area contributed by atoms with Crippen molar-refractivity contribution in [1.29, 1.82) is 0 Å². The summed E-state index contributed by atoms with van der Waals surface area (Å²) in [5.41, 5.74) is 0.887. The van der Waals surface area contributed by atoms with E-state index >= 15 is 0 Å². The fourth-order valence-corrected chi connectivity index (χ4v) is 2.18. The number of aromatic nitrogens is 1. The van der Waals surface area contributed by atoms with Gasteiger partial charge in [-0.2, -0.15) is 0 Å². The maximum atomic E-state index is 10.7. The number of pyridine rings is 1. The third-order valence-corrected chi connectivity index (χ3v) is 3.68. The topological polar surface area (TPSA) is 77.3 Å². The maximum Gasteiger partial charge on any atom is 0.290 e. The van der Waals surface area contributed by atoms with Crippen LogP contribution in [0.1, 0.15) is 25.3 Å². The molecule has 1 aliphatic heterocycles. The molecule has 0 atom stereocenters. The minimum Gasteiger partial charge on any atom is -0.381 e. The van der Waals surface area contributed by atoms with Crippen LogP contribution in [0.15, 0.2) is 12.3 Å². The average Bonchev–Trinajstić information content (AvgIpc) is 2.37. The van der Waals surface area contributed by atoms with Gasteiger partial charge in [-0.05, 0) is 31.2 Å². The molecule has 6 heteroatoms. The van der Waals surface area contributed by atoms with E-state index in [1.807, 2.05) is 0 Å². The van der Waals surface area contributed by atoms with E-state index < -0.39 is 4.92 Å². The highest BCUT2D eigenvalue weighted by atomic mass is 16.6. The minimum atomic E-state index is -0.411. The summed E-state index contributed by atoms with van der Waals surface area (Å²) in [5, 5.41) is 14.0. The second kappa shape index (κ2) is 5.52. The van der Waals surface area contributed by atoms with Crippen LogP contribution >= 0.6 is 0 Å². The molecule has 0 amide bonds. The van der Waals surface area contributed by atoms with Gasteiger partial charge in [0.2, 0.25) is 0 Å². The summed E-state index contributed by atoms with van der Waals surface area (Å²) in [6, 6.07) is 1.72. The lowest BCUT2D eigenvalue weighted by Crippen LogP contribution is -2.33. The molecule has 104 valence electrons. The van der Waals surface area contributed by atoms with Crippen molar-refractivity contribution < 1.29 is 9.66 Å². The molecule has 0 radical (unpaired) electrons. The van der Waals surface area contributed by atoms with Crippen LogP contribution in [0.3, 0.4) is 0 Å². The summed E-state index contributed by atoms with van der Waals surface area (Å²) in [6.45, 7) is 6.35. The fraction of sp³-hybridized carbons (Fsp3) is 0.615. The molecule has 0 aromatic carbocycles. The molecule has 0 aliphatic carbocycles. The van der Waals surface area contributed by atoms with E-state index in [1.165, 1.54) is 6.20 Å². The van der Waals surface area contributed by atoms with Gasteiger partial charge in [-0.3, -0.25) is 10.1 Å². The standard InChI is InChI=1S/C13H19N3O3/c1-10-7-12(14-8-11(10)16(17)18)15-9-13(2)3-5-19-6-4-13/h7-8H,3-6,9H2,1-2H3,(H,14,15). The highest BCUT2D eigenvalue weighted by Crippen LogP contribution is 2.30. The molecule has 1 aromatic heterocycles. The van der Waals surface area contributed by atoms with Crippen molar-refractivity contribution in [3.63, 3.8) is 0 Å². The van der Waals surface area contributed by atoms with Crippen LogP contribution in [0, 0.1) is 22.5 Å². The van der Waals surface area contributed by atoms with E-state index in [-0.39, 0.29) is 11.1 Å². The van der Waals surface area contributed by atoms with E-state index in [2.05, 4.69) is 17.2 Å². The quantitative estimate of drug-likeness (QED) is 0.668. The van der Waals surface area contributed by atoms with Gasteiger partial charge in [-0.25, -0.2) is 4.98 Å². The number of hydrogen-bond acceptors (Lipinski definition) is 5. The maximum absolute atomic E-state index is 10.7. The molecule has 0 saturated carbocycles. The zero-order valence-electron chi connectivity index (χ0n) is 11.3. The van der Waals surface area contributed by atoms with E-state index in [1.54, 1.807) is 13.0 Å². The Bertz CT molecular complexity index is 470. The first kappa shape index (κ1) is 13.7. The summed E-state index contributed by atoms with van der Waals surface area (Å²) >= 11 is 0. The van der Waals surface area contributed by atoms with Crippen molar-refractivity contribution in [3.8, 4) is 0 Å². The van der Waals surface area contributed by atoms with Crippen LogP contribution in [-0.2, 0) is 4.74 Å². The Hall–Kier alpha value is -1.69. The van der Waals surface area contributed by atoms with Gasteiger partial charge in [0.15, 0.2) is 0 Å². The van der Waals surface area contributed by atoms with Crippen molar-refractivity contribution >= 4 is 11.5 Å². The van der Waals surface area contributed by atoms with Gasteiger partial charge in [-0.1, -0.05) is 6.92 Å². The summed E-state index contributed by atoms with van der Waals surface area (Å²) in [5.74, 6) is 0.691. The van der Waals surface area contributed by atoms with E-state index in [9.17, 15) is 10.1 Å². The normalized spacial score (nSPS) is 18.0. The molecule has 2 rings (SSSR count). The molecule has 1 saturated heterocycles. The Kier molecular flexibility index (Phi) is 3.99. The molecule has 1 fully saturated rings. The highest BCUT2D eigenvalue weighted by molar-refractivity contribution is 5.46. The van der Waals surface area contributed by atoms with Crippen molar-refractivity contribution in [3.05, 3.63) is 27.9 Å². The molecule has 1 aliphatic rings. The van der Waals surface area contributed by atoms with Crippen LogP contribution < -0.4 is 5.32 Å².